The van der Waals surface area contributed by atoms with Gasteiger partial charge in [0.25, 0.3) is 0 Å². The summed E-state index contributed by atoms with van der Waals surface area (Å²) in [6.45, 7) is 8.46. The summed E-state index contributed by atoms with van der Waals surface area (Å²) in [7, 11) is 0. The quantitative estimate of drug-likeness (QED) is 0.485. The Hall–Kier alpha value is -2.25. The molecule has 0 saturated heterocycles. The molecule has 0 aliphatic carbocycles. The van der Waals surface area contributed by atoms with E-state index < -0.39 is 0 Å². The van der Waals surface area contributed by atoms with Gasteiger partial charge in [-0.1, -0.05) is 32.4 Å². The van der Waals surface area contributed by atoms with Crippen LogP contribution in [-0.2, 0) is 11.2 Å². The number of urea groups is 1. The molecule has 0 radical (unpaired) electrons. The van der Waals surface area contributed by atoms with Crippen LogP contribution in [0.4, 0.5) is 4.79 Å². The molecule has 1 aliphatic rings. The zero-order chi connectivity index (χ0) is 23.8. The van der Waals surface area contributed by atoms with E-state index in [1.807, 2.05) is 24.0 Å². The van der Waals surface area contributed by atoms with E-state index in [0.29, 0.717) is 42.9 Å². The molecule has 1 unspecified atom stereocenters. The second kappa shape index (κ2) is 12.3. The lowest BCUT2D eigenvalue weighted by molar-refractivity contribution is -0.135. The fourth-order valence-electron chi connectivity index (χ4n) is 3.84. The van der Waals surface area contributed by atoms with Gasteiger partial charge in [-0.3, -0.25) is 4.79 Å². The van der Waals surface area contributed by atoms with Gasteiger partial charge in [-0.25, -0.2) is 4.79 Å². The first-order chi connectivity index (χ1) is 15.9. The smallest absolute Gasteiger partial charge is 0.317 e. The van der Waals surface area contributed by atoms with Crippen LogP contribution in [0.1, 0.15) is 50.1 Å². The molecule has 1 aliphatic heterocycles. The third kappa shape index (κ3) is 7.11. The molecule has 0 spiro atoms. The van der Waals surface area contributed by atoms with Crippen molar-refractivity contribution in [2.45, 2.75) is 46.1 Å². The zero-order valence-electron chi connectivity index (χ0n) is 19.7. The SMILES string of the molecule is CCCNC(=O)N(CCC(C)C)CC(=O)N1CCc2sccc2C1COc1ccc(Cl)cc1. The Bertz CT molecular complexity index is 916. The molecular formula is C25H34ClN3O3S. The van der Waals surface area contributed by atoms with Gasteiger partial charge < -0.3 is 19.9 Å². The van der Waals surface area contributed by atoms with Gasteiger partial charge in [-0.2, -0.15) is 0 Å². The minimum atomic E-state index is -0.186. The maximum Gasteiger partial charge on any atom is 0.317 e. The molecule has 3 rings (SSSR count). The van der Waals surface area contributed by atoms with Crippen LogP contribution < -0.4 is 10.1 Å². The number of benzene rings is 1. The molecule has 0 fully saturated rings. The topological polar surface area (TPSA) is 61.9 Å². The maximum atomic E-state index is 13.5. The van der Waals surface area contributed by atoms with Crippen molar-refractivity contribution >= 4 is 34.9 Å². The van der Waals surface area contributed by atoms with Crippen LogP contribution in [0.25, 0.3) is 0 Å². The highest BCUT2D eigenvalue weighted by atomic mass is 35.5. The summed E-state index contributed by atoms with van der Waals surface area (Å²) in [4.78, 5) is 31.0. The van der Waals surface area contributed by atoms with Gasteiger partial charge in [0.15, 0.2) is 0 Å². The Labute approximate surface area is 205 Å². The van der Waals surface area contributed by atoms with Crippen LogP contribution in [0.3, 0.4) is 0 Å². The summed E-state index contributed by atoms with van der Waals surface area (Å²) in [5, 5.41) is 5.64. The Kier molecular flexibility index (Phi) is 9.44. The lowest BCUT2D eigenvalue weighted by Crippen LogP contribution is -2.50. The van der Waals surface area contributed by atoms with Gasteiger partial charge in [0.05, 0.1) is 6.04 Å². The molecule has 2 aromatic rings. The Morgan fingerprint density at radius 3 is 2.73 bits per heavy atom. The number of hydrogen-bond acceptors (Lipinski definition) is 4. The molecule has 180 valence electrons. The van der Waals surface area contributed by atoms with Crippen LogP contribution in [0.5, 0.6) is 5.75 Å². The van der Waals surface area contributed by atoms with Crippen molar-refractivity contribution in [2.75, 3.05) is 32.8 Å². The van der Waals surface area contributed by atoms with Crippen molar-refractivity contribution in [2.24, 2.45) is 5.92 Å². The van der Waals surface area contributed by atoms with Crippen LogP contribution in [0.15, 0.2) is 35.7 Å². The van der Waals surface area contributed by atoms with Crippen molar-refractivity contribution in [1.29, 1.82) is 0 Å². The van der Waals surface area contributed by atoms with Crippen molar-refractivity contribution in [1.82, 2.24) is 15.1 Å². The molecule has 0 bridgehead atoms. The Morgan fingerprint density at radius 1 is 1.27 bits per heavy atom. The second-order valence-electron chi connectivity index (χ2n) is 8.75. The third-order valence-corrected chi connectivity index (χ3v) is 7.00. The van der Waals surface area contributed by atoms with Crippen molar-refractivity contribution < 1.29 is 14.3 Å². The fourth-order valence-corrected chi connectivity index (χ4v) is 4.90. The van der Waals surface area contributed by atoms with E-state index in [1.165, 1.54) is 4.88 Å². The molecule has 1 atom stereocenters. The van der Waals surface area contributed by atoms with E-state index in [0.717, 1.165) is 24.8 Å². The minimum absolute atomic E-state index is 0.0491. The molecular weight excluding hydrogens is 458 g/mol. The fraction of sp³-hybridized carbons (Fsp3) is 0.520. The van der Waals surface area contributed by atoms with Crippen LogP contribution >= 0.6 is 22.9 Å². The summed E-state index contributed by atoms with van der Waals surface area (Å²) >= 11 is 7.70. The van der Waals surface area contributed by atoms with Gasteiger partial charge in [-0.05, 0) is 66.5 Å². The molecule has 0 saturated carbocycles. The number of nitrogens with zero attached hydrogens (tertiary/aromatic N) is 2. The molecule has 3 amide bonds. The monoisotopic (exact) mass is 491 g/mol. The highest BCUT2D eigenvalue weighted by molar-refractivity contribution is 7.10. The molecule has 1 aromatic carbocycles. The summed E-state index contributed by atoms with van der Waals surface area (Å²) < 4.78 is 6.05. The molecule has 33 heavy (non-hydrogen) atoms. The number of amides is 3. The standard InChI is InChI=1S/C25H34ClN3O3S/c1-4-12-27-25(31)28(13-9-18(2)3)16-24(30)29-14-10-23-21(11-15-33-23)22(29)17-32-20-7-5-19(26)6-8-20/h5-8,11,15,18,22H,4,9-10,12-14,16-17H2,1-3H3,(H,27,31). The first-order valence-electron chi connectivity index (χ1n) is 11.7. The number of thiophene rings is 1. The van der Waals surface area contributed by atoms with Crippen LogP contribution in [-0.4, -0.2) is 54.5 Å². The number of halogens is 1. The van der Waals surface area contributed by atoms with Gasteiger partial charge in [0, 0.05) is 29.5 Å². The van der Waals surface area contributed by atoms with E-state index in [9.17, 15) is 9.59 Å². The number of nitrogens with one attached hydrogen (secondary N) is 1. The van der Waals surface area contributed by atoms with Crippen LogP contribution in [0, 0.1) is 5.92 Å². The average Bonchev–Trinajstić information content (AvgIpc) is 3.28. The van der Waals surface area contributed by atoms with Crippen LogP contribution in [0.2, 0.25) is 5.02 Å². The maximum absolute atomic E-state index is 13.5. The van der Waals surface area contributed by atoms with Crippen molar-refractivity contribution in [3.05, 3.63) is 51.2 Å². The number of rotatable bonds is 10. The molecule has 8 heteroatoms. The zero-order valence-corrected chi connectivity index (χ0v) is 21.3. The highest BCUT2D eigenvalue weighted by Crippen LogP contribution is 2.34. The number of hydrogen-bond donors (Lipinski definition) is 1. The minimum Gasteiger partial charge on any atom is -0.491 e. The molecule has 2 heterocycles. The first-order valence-corrected chi connectivity index (χ1v) is 12.9. The Morgan fingerprint density at radius 2 is 2.03 bits per heavy atom. The summed E-state index contributed by atoms with van der Waals surface area (Å²) in [5.74, 6) is 1.11. The summed E-state index contributed by atoms with van der Waals surface area (Å²) in [6.07, 6.45) is 2.53. The van der Waals surface area contributed by atoms with Crippen molar-refractivity contribution in [3.63, 3.8) is 0 Å². The van der Waals surface area contributed by atoms with E-state index in [4.69, 9.17) is 16.3 Å². The predicted molar refractivity (Wildman–Crippen MR) is 134 cm³/mol. The van der Waals surface area contributed by atoms with E-state index >= 15 is 0 Å². The van der Waals surface area contributed by atoms with E-state index in [1.54, 1.807) is 28.4 Å². The van der Waals surface area contributed by atoms with Gasteiger partial charge >= 0.3 is 6.03 Å². The molecule has 6 nitrogen and oxygen atoms in total. The van der Waals surface area contributed by atoms with Gasteiger partial charge in [0.2, 0.25) is 5.91 Å². The van der Waals surface area contributed by atoms with Gasteiger partial charge in [-0.15, -0.1) is 11.3 Å². The normalized spacial score (nSPS) is 15.3. The largest absolute Gasteiger partial charge is 0.491 e. The average molecular weight is 492 g/mol. The molecule has 1 N–H and O–H groups in total. The summed E-state index contributed by atoms with van der Waals surface area (Å²) in [5.41, 5.74) is 1.14. The predicted octanol–water partition coefficient (Wildman–Crippen LogP) is 5.37. The highest BCUT2D eigenvalue weighted by Gasteiger charge is 2.33. The number of ether oxygens (including phenoxy) is 1. The number of carbonyl (C=O) groups excluding carboxylic acids is 2. The lowest BCUT2D eigenvalue weighted by Gasteiger charge is -2.37. The summed E-state index contributed by atoms with van der Waals surface area (Å²) in [6, 6.07) is 8.97. The van der Waals surface area contributed by atoms with E-state index in [-0.39, 0.29) is 24.5 Å². The Balaban J connectivity index is 1.73. The third-order valence-electron chi connectivity index (χ3n) is 5.75. The number of carbonyl (C=O) groups is 2. The second-order valence-corrected chi connectivity index (χ2v) is 10.2. The van der Waals surface area contributed by atoms with Gasteiger partial charge in [0.1, 0.15) is 18.9 Å². The lowest BCUT2D eigenvalue weighted by atomic mass is 10.0. The molecule has 1 aromatic heterocycles. The van der Waals surface area contributed by atoms with Crippen molar-refractivity contribution in [3.8, 4) is 5.75 Å². The first kappa shape index (κ1) is 25.4. The number of fused-ring (bicyclic) bond motifs is 1. The van der Waals surface area contributed by atoms with E-state index in [2.05, 4.69) is 30.6 Å².